The molecule has 0 saturated carbocycles. The number of nitrogens with one attached hydrogen (secondary N) is 1. The number of carboxylic acid groups (broad SMARTS) is 1. The van der Waals surface area contributed by atoms with Crippen LogP contribution in [0.5, 0.6) is 5.75 Å². The van der Waals surface area contributed by atoms with Crippen molar-refractivity contribution in [3.8, 4) is 16.2 Å². The molecule has 2 atom stereocenters. The largest absolute Gasteiger partial charge is 0.484 e. The van der Waals surface area contributed by atoms with Crippen molar-refractivity contribution in [1.29, 1.82) is 0 Å². The summed E-state index contributed by atoms with van der Waals surface area (Å²) in [4.78, 5) is 24.7. The maximum atomic E-state index is 13.3. The van der Waals surface area contributed by atoms with Gasteiger partial charge in [0.05, 0.1) is 5.56 Å². The van der Waals surface area contributed by atoms with Crippen LogP contribution in [0.3, 0.4) is 0 Å². The molecule has 0 fully saturated rings. The van der Waals surface area contributed by atoms with E-state index in [1.807, 2.05) is 0 Å². The summed E-state index contributed by atoms with van der Waals surface area (Å²) in [5.41, 5.74) is 2.30. The lowest BCUT2D eigenvalue weighted by Crippen LogP contribution is -2.28. The van der Waals surface area contributed by atoms with Crippen molar-refractivity contribution < 1.29 is 23.8 Å². The van der Waals surface area contributed by atoms with E-state index >= 15 is 0 Å². The van der Waals surface area contributed by atoms with E-state index in [0.29, 0.717) is 27.3 Å². The van der Waals surface area contributed by atoms with Crippen LogP contribution in [0.15, 0.2) is 53.9 Å². The average molecular weight is 397 g/mol. The molecule has 1 amide bonds. The van der Waals surface area contributed by atoms with E-state index in [-0.39, 0.29) is 17.3 Å². The van der Waals surface area contributed by atoms with Gasteiger partial charge in [-0.1, -0.05) is 12.1 Å². The number of hydrogen-bond acceptors (Lipinski definition) is 4. The second kappa shape index (κ2) is 7.09. The topological polar surface area (TPSA) is 75.6 Å². The highest BCUT2D eigenvalue weighted by Gasteiger charge is 2.40. The molecule has 7 heteroatoms. The summed E-state index contributed by atoms with van der Waals surface area (Å²) in [5, 5.41) is 13.8. The Balaban J connectivity index is 1.79. The number of likely N-dealkylation sites (N-methyl/N-ethyl adjacent to an activating group) is 1. The van der Waals surface area contributed by atoms with Crippen LogP contribution in [-0.2, 0) is 4.79 Å². The highest BCUT2D eigenvalue weighted by Crippen LogP contribution is 2.48. The van der Waals surface area contributed by atoms with Gasteiger partial charge < -0.3 is 15.2 Å². The van der Waals surface area contributed by atoms with Gasteiger partial charge in [0.2, 0.25) is 5.91 Å². The summed E-state index contributed by atoms with van der Waals surface area (Å²) in [7, 11) is 1.55. The molecule has 4 rings (SSSR count). The fraction of sp³-hybridized carbons (Fsp3) is 0.143. The number of rotatable bonds is 4. The monoisotopic (exact) mass is 397 g/mol. The molecule has 2 heterocycles. The van der Waals surface area contributed by atoms with Crippen LogP contribution in [0, 0.1) is 5.82 Å². The zero-order valence-corrected chi connectivity index (χ0v) is 15.6. The summed E-state index contributed by atoms with van der Waals surface area (Å²) in [5.74, 6) is -1.66. The lowest BCUT2D eigenvalue weighted by molar-refractivity contribution is -0.123. The van der Waals surface area contributed by atoms with Crippen LogP contribution in [0.1, 0.15) is 33.5 Å². The number of hydrogen-bond donors (Lipinski definition) is 2. The highest BCUT2D eigenvalue weighted by molar-refractivity contribution is 7.14. The van der Waals surface area contributed by atoms with Crippen LogP contribution in [0.25, 0.3) is 10.4 Å². The molecule has 142 valence electrons. The molecular formula is C21H16FNO4S. The van der Waals surface area contributed by atoms with E-state index in [0.717, 1.165) is 0 Å². The summed E-state index contributed by atoms with van der Waals surface area (Å²) in [6.45, 7) is 0. The van der Waals surface area contributed by atoms with E-state index in [4.69, 9.17) is 4.74 Å². The van der Waals surface area contributed by atoms with Crippen molar-refractivity contribution in [3.63, 3.8) is 0 Å². The number of ether oxygens (including phenoxy) is 1. The molecule has 1 aliphatic rings. The maximum absolute atomic E-state index is 13.3. The number of aromatic carboxylic acids is 1. The molecule has 1 aromatic heterocycles. The van der Waals surface area contributed by atoms with Crippen molar-refractivity contribution in [2.24, 2.45) is 0 Å². The first kappa shape index (κ1) is 18.2. The van der Waals surface area contributed by atoms with Crippen molar-refractivity contribution in [3.05, 3.63) is 76.4 Å². The summed E-state index contributed by atoms with van der Waals surface area (Å²) in [6, 6.07) is 12.8. The number of amides is 1. The van der Waals surface area contributed by atoms with Gasteiger partial charge in [-0.25, -0.2) is 9.18 Å². The Morgan fingerprint density at radius 1 is 1.14 bits per heavy atom. The van der Waals surface area contributed by atoms with Gasteiger partial charge in [-0.3, -0.25) is 4.79 Å². The average Bonchev–Trinajstić information content (AvgIpc) is 3.32. The van der Waals surface area contributed by atoms with Crippen molar-refractivity contribution in [2.75, 3.05) is 7.05 Å². The number of carboxylic acids is 1. The molecule has 1 aliphatic heterocycles. The van der Waals surface area contributed by atoms with Crippen LogP contribution in [0.2, 0.25) is 0 Å². The lowest BCUT2D eigenvalue weighted by Gasteiger charge is -2.18. The smallest absolute Gasteiger partial charge is 0.337 e. The molecular weight excluding hydrogens is 381 g/mol. The molecule has 0 aliphatic carbocycles. The van der Waals surface area contributed by atoms with Crippen LogP contribution < -0.4 is 10.1 Å². The molecule has 0 radical (unpaired) electrons. The zero-order chi connectivity index (χ0) is 19.8. The Labute approximate surface area is 164 Å². The molecule has 2 aromatic carbocycles. The van der Waals surface area contributed by atoms with Gasteiger partial charge in [0.1, 0.15) is 23.6 Å². The third-order valence-corrected chi connectivity index (χ3v) is 5.75. The third kappa shape index (κ3) is 3.03. The minimum Gasteiger partial charge on any atom is -0.484 e. The summed E-state index contributed by atoms with van der Waals surface area (Å²) >= 11 is 1.33. The SMILES string of the molecule is CNC(=O)C1c2cc(-c3sccc3C(=O)O)ccc2OC1c1ccc(F)cc1. The zero-order valence-electron chi connectivity index (χ0n) is 14.8. The Morgan fingerprint density at radius 2 is 1.89 bits per heavy atom. The lowest BCUT2D eigenvalue weighted by atomic mass is 9.89. The third-order valence-electron chi connectivity index (χ3n) is 4.79. The molecule has 2 N–H and O–H groups in total. The van der Waals surface area contributed by atoms with Gasteiger partial charge in [-0.05, 0) is 52.9 Å². The number of thiophene rings is 1. The van der Waals surface area contributed by atoms with E-state index in [9.17, 15) is 19.1 Å². The normalized spacial score (nSPS) is 17.6. The van der Waals surface area contributed by atoms with E-state index in [1.165, 1.54) is 23.5 Å². The molecule has 0 saturated heterocycles. The van der Waals surface area contributed by atoms with Crippen molar-refractivity contribution in [1.82, 2.24) is 5.32 Å². The number of carbonyl (C=O) groups is 2. The second-order valence-corrected chi connectivity index (χ2v) is 7.32. The van der Waals surface area contributed by atoms with Crippen LogP contribution >= 0.6 is 11.3 Å². The van der Waals surface area contributed by atoms with Crippen molar-refractivity contribution >= 4 is 23.2 Å². The highest BCUT2D eigenvalue weighted by atomic mass is 32.1. The Morgan fingerprint density at radius 3 is 2.57 bits per heavy atom. The first-order chi connectivity index (χ1) is 13.5. The predicted molar refractivity (Wildman–Crippen MR) is 103 cm³/mol. The number of fused-ring (bicyclic) bond motifs is 1. The number of carbonyl (C=O) groups excluding carboxylic acids is 1. The van der Waals surface area contributed by atoms with Crippen LogP contribution in [-0.4, -0.2) is 24.0 Å². The van der Waals surface area contributed by atoms with Gasteiger partial charge in [-0.2, -0.15) is 0 Å². The Kier molecular flexibility index (Phi) is 4.60. The van der Waals surface area contributed by atoms with Crippen LogP contribution in [0.4, 0.5) is 4.39 Å². The fourth-order valence-electron chi connectivity index (χ4n) is 3.46. The van der Waals surface area contributed by atoms with Gasteiger partial charge in [0.15, 0.2) is 0 Å². The van der Waals surface area contributed by atoms with Gasteiger partial charge in [0.25, 0.3) is 0 Å². The Hall–Kier alpha value is -3.19. The second-order valence-electron chi connectivity index (χ2n) is 6.40. The van der Waals surface area contributed by atoms with Gasteiger partial charge >= 0.3 is 5.97 Å². The standard InChI is InChI=1S/C21H16FNO4S/c1-23-20(24)17-15-10-12(19-14(21(25)26)8-9-28-19)4-7-16(15)27-18(17)11-2-5-13(22)6-3-11/h2-10,17-18H,1H3,(H,23,24)(H,25,26). The number of benzene rings is 2. The molecule has 2 unspecified atom stereocenters. The molecule has 5 nitrogen and oxygen atoms in total. The van der Waals surface area contributed by atoms with E-state index < -0.39 is 18.0 Å². The summed E-state index contributed by atoms with van der Waals surface area (Å²) < 4.78 is 19.3. The molecule has 28 heavy (non-hydrogen) atoms. The molecule has 0 spiro atoms. The predicted octanol–water partition coefficient (Wildman–Crippen LogP) is 4.22. The molecule has 3 aromatic rings. The molecule has 0 bridgehead atoms. The van der Waals surface area contributed by atoms with E-state index in [2.05, 4.69) is 5.32 Å². The van der Waals surface area contributed by atoms with Crippen molar-refractivity contribution in [2.45, 2.75) is 12.0 Å². The minimum atomic E-state index is -1.000. The first-order valence-corrected chi connectivity index (χ1v) is 9.46. The quantitative estimate of drug-likeness (QED) is 0.691. The Bertz CT molecular complexity index is 1060. The number of halogens is 1. The van der Waals surface area contributed by atoms with Gasteiger partial charge in [-0.15, -0.1) is 11.3 Å². The minimum absolute atomic E-state index is 0.218. The maximum Gasteiger partial charge on any atom is 0.337 e. The first-order valence-electron chi connectivity index (χ1n) is 8.58. The summed E-state index contributed by atoms with van der Waals surface area (Å²) in [6.07, 6.45) is -0.590. The van der Waals surface area contributed by atoms with Gasteiger partial charge in [0, 0.05) is 17.5 Å². The fourth-order valence-corrected chi connectivity index (χ4v) is 4.34. The van der Waals surface area contributed by atoms with E-state index in [1.54, 1.807) is 48.8 Å².